The predicted molar refractivity (Wildman–Crippen MR) is 112 cm³/mol. The minimum Gasteiger partial charge on any atom is -0.507 e. The molecule has 0 saturated carbocycles. The van der Waals surface area contributed by atoms with Crippen molar-refractivity contribution in [1.82, 2.24) is 4.90 Å². The highest BCUT2D eigenvalue weighted by atomic mass is 35.5. The number of benzene rings is 3. The molecule has 1 unspecified atom stereocenters. The molecule has 1 saturated heterocycles. The summed E-state index contributed by atoms with van der Waals surface area (Å²) in [6.07, 6.45) is 0. The quantitative estimate of drug-likeness (QED) is 0.343. The van der Waals surface area contributed by atoms with E-state index in [1.807, 2.05) is 0 Å². The number of Topliss-reactive ketones (excluding diaryl/α,β-unsaturated/α-hetero) is 1. The van der Waals surface area contributed by atoms with Crippen LogP contribution < -0.4 is 0 Å². The monoisotopic (exact) mass is 439 g/mol. The van der Waals surface area contributed by atoms with Gasteiger partial charge < -0.3 is 10.0 Å². The molecule has 1 fully saturated rings. The summed E-state index contributed by atoms with van der Waals surface area (Å²) in [6.45, 7) is -0.000772. The van der Waals surface area contributed by atoms with E-state index in [-0.39, 0.29) is 23.4 Å². The van der Waals surface area contributed by atoms with Gasteiger partial charge in [0.1, 0.15) is 17.4 Å². The molecule has 31 heavy (non-hydrogen) atoms. The van der Waals surface area contributed by atoms with E-state index < -0.39 is 29.4 Å². The summed E-state index contributed by atoms with van der Waals surface area (Å²) in [7, 11) is 0. The van der Waals surface area contributed by atoms with Crippen LogP contribution in [0, 0.1) is 11.6 Å². The van der Waals surface area contributed by atoms with Crippen molar-refractivity contribution in [2.45, 2.75) is 12.6 Å². The third-order valence-corrected chi connectivity index (χ3v) is 5.33. The lowest BCUT2D eigenvalue weighted by Crippen LogP contribution is -2.29. The van der Waals surface area contributed by atoms with Crippen LogP contribution in [0.4, 0.5) is 8.78 Å². The van der Waals surface area contributed by atoms with Gasteiger partial charge >= 0.3 is 0 Å². The number of hydrogen-bond donors (Lipinski definition) is 1. The van der Waals surface area contributed by atoms with Crippen LogP contribution >= 0.6 is 11.6 Å². The number of hydrogen-bond acceptors (Lipinski definition) is 3. The zero-order valence-corrected chi connectivity index (χ0v) is 16.8. The molecule has 1 aliphatic heterocycles. The number of nitrogens with zero attached hydrogens (tertiary/aromatic N) is 1. The number of aliphatic hydroxyl groups is 1. The zero-order valence-electron chi connectivity index (χ0n) is 16.1. The van der Waals surface area contributed by atoms with E-state index in [2.05, 4.69) is 0 Å². The van der Waals surface area contributed by atoms with Gasteiger partial charge in [0.05, 0.1) is 11.6 Å². The average Bonchev–Trinajstić information content (AvgIpc) is 3.00. The number of aliphatic hydroxyl groups excluding tert-OH is 1. The SMILES string of the molecule is O=C1C(=O)N(Cc2ccc(F)cc2)C(c2ccc(F)cc2)/C1=C(/O)c1cccc(Cl)c1. The summed E-state index contributed by atoms with van der Waals surface area (Å²) in [5, 5.41) is 11.3. The highest BCUT2D eigenvalue weighted by Gasteiger charge is 2.46. The second-order valence-electron chi connectivity index (χ2n) is 7.12. The van der Waals surface area contributed by atoms with Crippen molar-refractivity contribution in [3.63, 3.8) is 0 Å². The van der Waals surface area contributed by atoms with Crippen LogP contribution in [-0.2, 0) is 16.1 Å². The molecule has 4 nitrogen and oxygen atoms in total. The predicted octanol–water partition coefficient (Wildman–Crippen LogP) is 5.24. The van der Waals surface area contributed by atoms with E-state index in [9.17, 15) is 23.5 Å². The Bertz CT molecular complexity index is 1190. The molecule has 4 rings (SSSR count). The van der Waals surface area contributed by atoms with Crippen molar-refractivity contribution in [3.05, 3.63) is 112 Å². The first-order valence-corrected chi connectivity index (χ1v) is 9.77. The first kappa shape index (κ1) is 20.8. The molecule has 0 aliphatic carbocycles. The molecule has 1 N–H and O–H groups in total. The normalized spacial score (nSPS) is 17.9. The molecule has 1 aliphatic rings. The van der Waals surface area contributed by atoms with Gasteiger partial charge in [-0.05, 0) is 47.5 Å². The molecule has 0 aromatic heterocycles. The summed E-state index contributed by atoms with van der Waals surface area (Å²) in [4.78, 5) is 27.1. The van der Waals surface area contributed by atoms with Crippen LogP contribution in [0.5, 0.6) is 0 Å². The van der Waals surface area contributed by atoms with Crippen molar-refractivity contribution in [2.75, 3.05) is 0 Å². The van der Waals surface area contributed by atoms with Gasteiger partial charge in [-0.2, -0.15) is 0 Å². The molecule has 3 aromatic rings. The lowest BCUT2D eigenvalue weighted by molar-refractivity contribution is -0.140. The first-order valence-electron chi connectivity index (χ1n) is 9.39. The lowest BCUT2D eigenvalue weighted by Gasteiger charge is -2.25. The van der Waals surface area contributed by atoms with Gasteiger partial charge in [0, 0.05) is 17.1 Å². The second-order valence-corrected chi connectivity index (χ2v) is 7.55. The van der Waals surface area contributed by atoms with Crippen molar-refractivity contribution in [3.8, 4) is 0 Å². The molecule has 0 radical (unpaired) electrons. The molecule has 0 bridgehead atoms. The van der Waals surface area contributed by atoms with E-state index in [0.29, 0.717) is 16.1 Å². The van der Waals surface area contributed by atoms with Gasteiger partial charge in [-0.3, -0.25) is 9.59 Å². The van der Waals surface area contributed by atoms with E-state index in [0.717, 1.165) is 0 Å². The number of halogens is 3. The first-order chi connectivity index (χ1) is 14.8. The van der Waals surface area contributed by atoms with Crippen LogP contribution in [-0.4, -0.2) is 21.7 Å². The Labute approximate surface area is 182 Å². The standard InChI is InChI=1S/C24H16ClF2NO3/c25-17-3-1-2-16(12-17)22(29)20-21(15-6-10-19(27)11-7-15)28(24(31)23(20)30)13-14-4-8-18(26)9-5-14/h1-12,21,29H,13H2/b22-20-. The minimum absolute atomic E-state index is 0.000772. The summed E-state index contributed by atoms with van der Waals surface area (Å²) >= 11 is 6.01. The Morgan fingerprint density at radius 3 is 2.16 bits per heavy atom. The third-order valence-electron chi connectivity index (χ3n) is 5.09. The van der Waals surface area contributed by atoms with Crippen LogP contribution in [0.15, 0.2) is 78.4 Å². The average molecular weight is 440 g/mol. The maximum atomic E-state index is 13.5. The number of ketones is 1. The molecule has 1 atom stereocenters. The number of carbonyl (C=O) groups is 2. The van der Waals surface area contributed by atoms with Crippen LogP contribution in [0.25, 0.3) is 5.76 Å². The lowest BCUT2D eigenvalue weighted by atomic mass is 9.95. The van der Waals surface area contributed by atoms with Crippen molar-refractivity contribution < 1.29 is 23.5 Å². The topological polar surface area (TPSA) is 57.6 Å². The smallest absolute Gasteiger partial charge is 0.295 e. The van der Waals surface area contributed by atoms with Gasteiger partial charge in [-0.1, -0.05) is 48.0 Å². The molecule has 1 heterocycles. The van der Waals surface area contributed by atoms with Crippen molar-refractivity contribution in [2.24, 2.45) is 0 Å². The van der Waals surface area contributed by atoms with Gasteiger partial charge in [-0.15, -0.1) is 0 Å². The van der Waals surface area contributed by atoms with Gasteiger partial charge in [0.25, 0.3) is 11.7 Å². The number of amides is 1. The van der Waals surface area contributed by atoms with Crippen LogP contribution in [0.2, 0.25) is 5.02 Å². The number of rotatable bonds is 4. The molecule has 3 aromatic carbocycles. The molecule has 1 amide bonds. The fraction of sp³-hybridized carbons (Fsp3) is 0.0833. The number of likely N-dealkylation sites (tertiary alicyclic amines) is 1. The van der Waals surface area contributed by atoms with E-state index in [1.54, 1.807) is 18.2 Å². The Morgan fingerprint density at radius 2 is 1.55 bits per heavy atom. The second kappa shape index (κ2) is 8.32. The third kappa shape index (κ3) is 4.07. The van der Waals surface area contributed by atoms with Crippen molar-refractivity contribution >= 4 is 29.1 Å². The molecular formula is C24H16ClF2NO3. The largest absolute Gasteiger partial charge is 0.507 e. The maximum Gasteiger partial charge on any atom is 0.295 e. The van der Waals surface area contributed by atoms with Crippen LogP contribution in [0.1, 0.15) is 22.7 Å². The fourth-order valence-corrected chi connectivity index (χ4v) is 3.80. The summed E-state index contributed by atoms with van der Waals surface area (Å²) in [6, 6.07) is 16.2. The summed E-state index contributed by atoms with van der Waals surface area (Å²) in [5.41, 5.74) is 1.20. The van der Waals surface area contributed by atoms with E-state index in [4.69, 9.17) is 11.6 Å². The molecular weight excluding hydrogens is 424 g/mol. The van der Waals surface area contributed by atoms with Gasteiger partial charge in [0.15, 0.2) is 0 Å². The molecule has 156 valence electrons. The van der Waals surface area contributed by atoms with E-state index >= 15 is 0 Å². The highest BCUT2D eigenvalue weighted by molar-refractivity contribution is 6.46. The summed E-state index contributed by atoms with van der Waals surface area (Å²) < 4.78 is 26.8. The summed E-state index contributed by atoms with van der Waals surface area (Å²) in [5.74, 6) is -2.97. The molecule has 0 spiro atoms. The number of carbonyl (C=O) groups excluding carboxylic acids is 2. The van der Waals surface area contributed by atoms with E-state index in [1.165, 1.54) is 59.5 Å². The Hall–Kier alpha value is -3.51. The molecule has 7 heteroatoms. The minimum atomic E-state index is -0.954. The fourth-order valence-electron chi connectivity index (χ4n) is 3.61. The van der Waals surface area contributed by atoms with Crippen molar-refractivity contribution in [1.29, 1.82) is 0 Å². The van der Waals surface area contributed by atoms with Gasteiger partial charge in [-0.25, -0.2) is 8.78 Å². The maximum absolute atomic E-state index is 13.5. The highest BCUT2D eigenvalue weighted by Crippen LogP contribution is 2.40. The zero-order chi connectivity index (χ0) is 22.1. The Morgan fingerprint density at radius 1 is 0.935 bits per heavy atom. The Balaban J connectivity index is 1.85. The van der Waals surface area contributed by atoms with Crippen LogP contribution in [0.3, 0.4) is 0 Å². The Kier molecular flexibility index (Phi) is 5.57. The van der Waals surface area contributed by atoms with Gasteiger partial charge in [0.2, 0.25) is 0 Å².